The van der Waals surface area contributed by atoms with E-state index in [1.54, 1.807) is 6.07 Å². The van der Waals surface area contributed by atoms with Crippen LogP contribution in [0.1, 0.15) is 34.3 Å². The molecule has 0 aromatic heterocycles. The van der Waals surface area contributed by atoms with Crippen molar-refractivity contribution in [1.82, 2.24) is 4.90 Å². The van der Waals surface area contributed by atoms with Crippen molar-refractivity contribution < 1.29 is 14.3 Å². The third-order valence-electron chi connectivity index (χ3n) is 5.21. The van der Waals surface area contributed by atoms with E-state index < -0.39 is 0 Å². The Morgan fingerprint density at radius 1 is 1.07 bits per heavy atom. The molecule has 0 bridgehead atoms. The van der Waals surface area contributed by atoms with Crippen LogP contribution in [0.2, 0.25) is 0 Å². The van der Waals surface area contributed by atoms with Crippen LogP contribution in [0.25, 0.3) is 0 Å². The van der Waals surface area contributed by atoms with E-state index in [-0.39, 0.29) is 11.8 Å². The van der Waals surface area contributed by atoms with Crippen LogP contribution in [0, 0.1) is 0 Å². The van der Waals surface area contributed by atoms with Crippen molar-refractivity contribution in [2.45, 2.75) is 25.8 Å². The zero-order valence-electron chi connectivity index (χ0n) is 15.9. The minimum Gasteiger partial charge on any atom is -0.379 e. The molecule has 2 amide bonds. The molecule has 1 saturated heterocycles. The smallest absolute Gasteiger partial charge is 0.255 e. The number of aryl methyl sites for hydroxylation is 1. The Balaban J connectivity index is 1.39. The first-order valence-electron chi connectivity index (χ1n) is 9.80. The van der Waals surface area contributed by atoms with Crippen molar-refractivity contribution in [1.29, 1.82) is 0 Å². The first kappa shape index (κ1) is 18.7. The predicted octanol–water partition coefficient (Wildman–Crippen LogP) is 3.05. The van der Waals surface area contributed by atoms with Gasteiger partial charge < -0.3 is 15.4 Å². The average Bonchev–Trinajstić information content (AvgIpc) is 2.90. The van der Waals surface area contributed by atoms with E-state index in [1.807, 2.05) is 24.3 Å². The second kappa shape index (κ2) is 8.54. The van der Waals surface area contributed by atoms with Crippen molar-refractivity contribution in [3.05, 3.63) is 59.2 Å². The monoisotopic (exact) mass is 379 g/mol. The molecule has 2 N–H and O–H groups in total. The number of carbonyl (C=O) groups is 2. The molecule has 2 aromatic carbocycles. The van der Waals surface area contributed by atoms with Gasteiger partial charge in [-0.3, -0.25) is 14.5 Å². The van der Waals surface area contributed by atoms with Gasteiger partial charge in [0.2, 0.25) is 5.91 Å². The lowest BCUT2D eigenvalue weighted by atomic mass is 10.0. The maximum absolute atomic E-state index is 12.6. The maximum atomic E-state index is 12.6. The van der Waals surface area contributed by atoms with Crippen LogP contribution in [-0.4, -0.2) is 43.0 Å². The number of carbonyl (C=O) groups excluding carboxylic acids is 2. The van der Waals surface area contributed by atoms with E-state index in [0.29, 0.717) is 12.0 Å². The highest BCUT2D eigenvalue weighted by atomic mass is 16.5. The number of nitrogens with zero attached hydrogens (tertiary/aromatic N) is 1. The molecule has 146 valence electrons. The van der Waals surface area contributed by atoms with Crippen LogP contribution in [0.4, 0.5) is 11.4 Å². The summed E-state index contributed by atoms with van der Waals surface area (Å²) >= 11 is 0. The first-order chi connectivity index (χ1) is 13.7. The fourth-order valence-corrected chi connectivity index (χ4v) is 3.63. The van der Waals surface area contributed by atoms with Crippen molar-refractivity contribution in [2.24, 2.45) is 0 Å². The third kappa shape index (κ3) is 4.58. The Labute approximate surface area is 164 Å². The molecule has 28 heavy (non-hydrogen) atoms. The molecular weight excluding hydrogens is 354 g/mol. The van der Waals surface area contributed by atoms with E-state index >= 15 is 0 Å². The second-order valence-corrected chi connectivity index (χ2v) is 7.31. The number of rotatable bonds is 4. The van der Waals surface area contributed by atoms with Crippen LogP contribution < -0.4 is 10.6 Å². The summed E-state index contributed by atoms with van der Waals surface area (Å²) in [4.78, 5) is 26.7. The van der Waals surface area contributed by atoms with Crippen LogP contribution in [0.3, 0.4) is 0 Å². The minimum atomic E-state index is -0.140. The summed E-state index contributed by atoms with van der Waals surface area (Å²) in [6, 6.07) is 13.4. The lowest BCUT2D eigenvalue weighted by molar-refractivity contribution is -0.116. The molecule has 4 rings (SSSR count). The lowest BCUT2D eigenvalue weighted by Crippen LogP contribution is -2.35. The molecular formula is C22H25N3O3. The predicted molar refractivity (Wildman–Crippen MR) is 109 cm³/mol. The van der Waals surface area contributed by atoms with Gasteiger partial charge >= 0.3 is 0 Å². The Morgan fingerprint density at radius 2 is 1.86 bits per heavy atom. The Hall–Kier alpha value is -2.70. The number of hydrogen-bond donors (Lipinski definition) is 2. The number of anilines is 2. The number of morpholine rings is 1. The van der Waals surface area contributed by atoms with Gasteiger partial charge in [0.05, 0.1) is 13.2 Å². The first-order valence-corrected chi connectivity index (χ1v) is 9.80. The number of fused-ring (bicyclic) bond motifs is 1. The van der Waals surface area contributed by atoms with Gasteiger partial charge in [-0.2, -0.15) is 0 Å². The average molecular weight is 379 g/mol. The van der Waals surface area contributed by atoms with Gasteiger partial charge in [-0.25, -0.2) is 0 Å². The highest BCUT2D eigenvalue weighted by molar-refractivity contribution is 6.05. The molecule has 0 saturated carbocycles. The quantitative estimate of drug-likeness (QED) is 0.857. The number of ether oxygens (including phenoxy) is 1. The van der Waals surface area contributed by atoms with E-state index in [0.717, 1.165) is 62.6 Å². The summed E-state index contributed by atoms with van der Waals surface area (Å²) in [6.07, 6.45) is 2.12. The lowest BCUT2D eigenvalue weighted by Gasteiger charge is -2.26. The van der Waals surface area contributed by atoms with Crippen LogP contribution in [-0.2, 0) is 22.5 Å². The summed E-state index contributed by atoms with van der Waals surface area (Å²) in [7, 11) is 0. The van der Waals surface area contributed by atoms with Crippen molar-refractivity contribution in [3.8, 4) is 0 Å². The van der Waals surface area contributed by atoms with Gasteiger partial charge in [0.1, 0.15) is 0 Å². The molecule has 0 spiro atoms. The van der Waals surface area contributed by atoms with Gasteiger partial charge in [-0.1, -0.05) is 12.1 Å². The van der Waals surface area contributed by atoms with Gasteiger partial charge in [0.15, 0.2) is 0 Å². The van der Waals surface area contributed by atoms with Crippen LogP contribution in [0.5, 0.6) is 0 Å². The molecule has 2 aliphatic rings. The highest BCUT2D eigenvalue weighted by Crippen LogP contribution is 2.24. The maximum Gasteiger partial charge on any atom is 0.255 e. The Bertz CT molecular complexity index is 858. The summed E-state index contributed by atoms with van der Waals surface area (Å²) in [5, 5.41) is 5.86. The standard InChI is InChI=1S/C22H25N3O3/c26-21-3-1-2-17-14-18(6-9-20(17)24-21)22(27)23-19-7-4-16(5-8-19)15-25-10-12-28-13-11-25/h4-9,14H,1-3,10-13,15H2,(H,23,27)(H,24,26). The molecule has 2 aliphatic heterocycles. The van der Waals surface area contributed by atoms with E-state index in [9.17, 15) is 9.59 Å². The van der Waals surface area contributed by atoms with Gasteiger partial charge in [-0.05, 0) is 54.3 Å². The Morgan fingerprint density at radius 3 is 2.64 bits per heavy atom. The van der Waals surface area contributed by atoms with Crippen LogP contribution in [0.15, 0.2) is 42.5 Å². The molecule has 6 heteroatoms. The molecule has 6 nitrogen and oxygen atoms in total. The fraction of sp³-hybridized carbons (Fsp3) is 0.364. The van der Waals surface area contributed by atoms with Crippen molar-refractivity contribution in [3.63, 3.8) is 0 Å². The topological polar surface area (TPSA) is 70.7 Å². The zero-order chi connectivity index (χ0) is 19.3. The molecule has 0 atom stereocenters. The highest BCUT2D eigenvalue weighted by Gasteiger charge is 2.15. The van der Waals surface area contributed by atoms with E-state index in [2.05, 4.69) is 27.7 Å². The largest absolute Gasteiger partial charge is 0.379 e. The molecule has 0 unspecified atom stereocenters. The number of nitrogens with one attached hydrogen (secondary N) is 2. The number of hydrogen-bond acceptors (Lipinski definition) is 4. The number of amides is 2. The van der Waals surface area contributed by atoms with Crippen molar-refractivity contribution >= 4 is 23.2 Å². The van der Waals surface area contributed by atoms with Gasteiger partial charge in [0, 0.05) is 43.0 Å². The van der Waals surface area contributed by atoms with Crippen LogP contribution >= 0.6 is 0 Å². The minimum absolute atomic E-state index is 0.0353. The number of benzene rings is 2. The molecule has 0 radical (unpaired) electrons. The van der Waals surface area contributed by atoms with E-state index in [4.69, 9.17) is 4.74 Å². The summed E-state index contributed by atoms with van der Waals surface area (Å²) < 4.78 is 5.38. The second-order valence-electron chi connectivity index (χ2n) is 7.31. The van der Waals surface area contributed by atoms with Crippen molar-refractivity contribution in [2.75, 3.05) is 36.9 Å². The zero-order valence-corrected chi connectivity index (χ0v) is 15.9. The summed E-state index contributed by atoms with van der Waals surface area (Å²) in [6.45, 7) is 4.39. The summed E-state index contributed by atoms with van der Waals surface area (Å²) in [5.41, 5.74) is 4.43. The molecule has 0 aliphatic carbocycles. The Kier molecular flexibility index (Phi) is 5.69. The van der Waals surface area contributed by atoms with Gasteiger partial charge in [-0.15, -0.1) is 0 Å². The molecule has 2 aromatic rings. The summed E-state index contributed by atoms with van der Waals surface area (Å²) in [5.74, 6) is -0.104. The SMILES string of the molecule is O=C1CCCc2cc(C(=O)Nc3ccc(CN4CCOCC4)cc3)ccc2N1. The fourth-order valence-electron chi connectivity index (χ4n) is 3.63. The molecule has 2 heterocycles. The normalized spacial score (nSPS) is 17.4. The molecule has 1 fully saturated rings. The van der Waals surface area contributed by atoms with Gasteiger partial charge in [0.25, 0.3) is 5.91 Å². The third-order valence-corrected chi connectivity index (χ3v) is 5.21. The van der Waals surface area contributed by atoms with E-state index in [1.165, 1.54) is 5.56 Å².